The minimum Gasteiger partial charge on any atom is -0.462 e. The van der Waals surface area contributed by atoms with Crippen LogP contribution in [0, 0.1) is 0 Å². The molecule has 0 bridgehead atoms. The van der Waals surface area contributed by atoms with Crippen LogP contribution in [0.25, 0.3) is 11.3 Å². The maximum Gasteiger partial charge on any atom is 0.346 e. The quantitative estimate of drug-likeness (QED) is 0.599. The molecule has 0 saturated heterocycles. The summed E-state index contributed by atoms with van der Waals surface area (Å²) in [6, 6.07) is 13.2. The van der Waals surface area contributed by atoms with E-state index in [-0.39, 0.29) is 34.3 Å². The number of ether oxygens (including phenoxy) is 1. The number of hydrogen-bond donors (Lipinski definition) is 1. The molecular formula is C19H14Cl2N2O4. The first-order chi connectivity index (χ1) is 13.0. The van der Waals surface area contributed by atoms with E-state index in [0.717, 1.165) is 0 Å². The average molecular weight is 405 g/mol. The zero-order valence-electron chi connectivity index (χ0n) is 14.2. The van der Waals surface area contributed by atoms with Crippen molar-refractivity contribution in [1.82, 2.24) is 5.16 Å². The van der Waals surface area contributed by atoms with E-state index in [1.165, 1.54) is 0 Å². The molecule has 8 heteroatoms. The normalized spacial score (nSPS) is 10.5. The van der Waals surface area contributed by atoms with Gasteiger partial charge in [-0.3, -0.25) is 10.1 Å². The van der Waals surface area contributed by atoms with Crippen LogP contribution in [0.3, 0.4) is 0 Å². The molecule has 0 aliphatic heterocycles. The van der Waals surface area contributed by atoms with Crippen LogP contribution in [-0.4, -0.2) is 23.6 Å². The van der Waals surface area contributed by atoms with Crippen molar-refractivity contribution in [1.29, 1.82) is 0 Å². The molecule has 0 radical (unpaired) electrons. The molecule has 1 N–H and O–H groups in total. The Balaban J connectivity index is 2.00. The second kappa shape index (κ2) is 8.24. The SMILES string of the molecule is CCOC(=O)c1c(-c2ccc(Cl)cc2)noc1NC(=O)c1ccccc1Cl. The number of nitrogens with zero attached hydrogens (tertiary/aromatic N) is 1. The Hall–Kier alpha value is -2.83. The number of aromatic nitrogens is 1. The molecule has 0 atom stereocenters. The summed E-state index contributed by atoms with van der Waals surface area (Å²) >= 11 is 11.9. The van der Waals surface area contributed by atoms with Crippen LogP contribution in [0.4, 0.5) is 5.88 Å². The molecule has 1 heterocycles. The van der Waals surface area contributed by atoms with E-state index in [2.05, 4.69) is 10.5 Å². The highest BCUT2D eigenvalue weighted by Gasteiger charge is 2.27. The predicted octanol–water partition coefficient (Wildman–Crippen LogP) is 5.08. The third-order valence-corrected chi connectivity index (χ3v) is 4.22. The Morgan fingerprint density at radius 2 is 1.81 bits per heavy atom. The summed E-state index contributed by atoms with van der Waals surface area (Å²) in [4.78, 5) is 25.0. The molecule has 0 aliphatic carbocycles. The fourth-order valence-electron chi connectivity index (χ4n) is 2.39. The lowest BCUT2D eigenvalue weighted by Gasteiger charge is -2.06. The third-order valence-electron chi connectivity index (χ3n) is 3.63. The second-order valence-electron chi connectivity index (χ2n) is 5.40. The standard InChI is InChI=1S/C19H14Cl2N2O4/c1-2-26-19(25)15-16(11-7-9-12(20)10-8-11)23-27-18(15)22-17(24)13-5-3-4-6-14(13)21/h3-10H,2H2,1H3,(H,22,24). The van der Waals surface area contributed by atoms with E-state index >= 15 is 0 Å². The van der Waals surface area contributed by atoms with Crippen LogP contribution in [0.2, 0.25) is 10.0 Å². The molecule has 0 fully saturated rings. The van der Waals surface area contributed by atoms with E-state index in [0.29, 0.717) is 10.6 Å². The predicted molar refractivity (Wildman–Crippen MR) is 102 cm³/mol. The van der Waals surface area contributed by atoms with Gasteiger partial charge in [0.25, 0.3) is 5.91 Å². The van der Waals surface area contributed by atoms with E-state index in [4.69, 9.17) is 32.5 Å². The summed E-state index contributed by atoms with van der Waals surface area (Å²) in [5.74, 6) is -1.33. The van der Waals surface area contributed by atoms with E-state index in [9.17, 15) is 9.59 Å². The van der Waals surface area contributed by atoms with Gasteiger partial charge in [-0.2, -0.15) is 0 Å². The van der Waals surface area contributed by atoms with Gasteiger partial charge in [0.2, 0.25) is 5.88 Å². The number of nitrogens with one attached hydrogen (secondary N) is 1. The molecule has 0 saturated carbocycles. The molecule has 0 aliphatic rings. The van der Waals surface area contributed by atoms with Gasteiger partial charge in [-0.15, -0.1) is 0 Å². The monoisotopic (exact) mass is 404 g/mol. The molecule has 2 aromatic carbocycles. The van der Waals surface area contributed by atoms with Gasteiger partial charge < -0.3 is 9.26 Å². The molecule has 3 aromatic rings. The Morgan fingerprint density at radius 1 is 1.11 bits per heavy atom. The molecule has 0 unspecified atom stereocenters. The number of amides is 1. The maximum absolute atomic E-state index is 12.5. The summed E-state index contributed by atoms with van der Waals surface area (Å²) in [6.07, 6.45) is 0. The van der Waals surface area contributed by atoms with Crippen molar-refractivity contribution in [2.75, 3.05) is 11.9 Å². The Labute approximate surface area is 165 Å². The van der Waals surface area contributed by atoms with Crippen molar-refractivity contribution in [2.45, 2.75) is 6.92 Å². The summed E-state index contributed by atoms with van der Waals surface area (Å²) < 4.78 is 10.3. The summed E-state index contributed by atoms with van der Waals surface area (Å²) in [5.41, 5.74) is 1.07. The number of hydrogen-bond acceptors (Lipinski definition) is 5. The summed E-state index contributed by atoms with van der Waals surface area (Å²) in [7, 11) is 0. The molecular weight excluding hydrogens is 391 g/mol. The number of carbonyl (C=O) groups excluding carboxylic acids is 2. The first kappa shape index (κ1) is 18.9. The minimum absolute atomic E-state index is 0.0135. The largest absolute Gasteiger partial charge is 0.462 e. The van der Waals surface area contributed by atoms with E-state index < -0.39 is 11.9 Å². The Morgan fingerprint density at radius 3 is 2.48 bits per heavy atom. The third kappa shape index (κ3) is 4.13. The maximum atomic E-state index is 12.5. The number of rotatable bonds is 5. The first-order valence-electron chi connectivity index (χ1n) is 8.00. The number of benzene rings is 2. The van der Waals surface area contributed by atoms with Gasteiger partial charge in [-0.1, -0.05) is 52.6 Å². The molecule has 0 spiro atoms. The van der Waals surface area contributed by atoms with Crippen molar-refractivity contribution < 1.29 is 18.8 Å². The van der Waals surface area contributed by atoms with Gasteiger partial charge >= 0.3 is 5.97 Å². The van der Waals surface area contributed by atoms with Crippen molar-refractivity contribution >= 4 is 41.0 Å². The Bertz CT molecular complexity index is 984. The minimum atomic E-state index is -0.668. The number of anilines is 1. The fourth-order valence-corrected chi connectivity index (χ4v) is 2.74. The average Bonchev–Trinajstić information content (AvgIpc) is 3.06. The molecule has 6 nitrogen and oxygen atoms in total. The van der Waals surface area contributed by atoms with Crippen LogP contribution >= 0.6 is 23.2 Å². The van der Waals surface area contributed by atoms with Gasteiger partial charge in [0.1, 0.15) is 5.69 Å². The van der Waals surface area contributed by atoms with E-state index in [1.807, 2.05) is 0 Å². The van der Waals surface area contributed by atoms with Crippen molar-refractivity contribution in [3.05, 3.63) is 69.7 Å². The van der Waals surface area contributed by atoms with Crippen LogP contribution in [0.1, 0.15) is 27.6 Å². The number of halogens is 2. The van der Waals surface area contributed by atoms with Gasteiger partial charge in [0.15, 0.2) is 5.56 Å². The second-order valence-corrected chi connectivity index (χ2v) is 6.24. The lowest BCUT2D eigenvalue weighted by molar-refractivity contribution is 0.0528. The Kier molecular flexibility index (Phi) is 5.78. The van der Waals surface area contributed by atoms with Crippen LogP contribution in [0.15, 0.2) is 53.1 Å². The van der Waals surface area contributed by atoms with Crippen LogP contribution < -0.4 is 5.32 Å². The molecule has 3 rings (SSSR count). The van der Waals surface area contributed by atoms with Gasteiger partial charge in [-0.05, 0) is 31.2 Å². The van der Waals surface area contributed by atoms with Gasteiger partial charge in [0, 0.05) is 10.6 Å². The summed E-state index contributed by atoms with van der Waals surface area (Å²) in [6.45, 7) is 1.83. The lowest BCUT2D eigenvalue weighted by atomic mass is 10.1. The molecule has 1 amide bonds. The van der Waals surface area contributed by atoms with E-state index in [1.54, 1.807) is 55.5 Å². The topological polar surface area (TPSA) is 81.4 Å². The lowest BCUT2D eigenvalue weighted by Crippen LogP contribution is -2.15. The van der Waals surface area contributed by atoms with Gasteiger partial charge in [0.05, 0.1) is 17.2 Å². The number of carbonyl (C=O) groups is 2. The highest BCUT2D eigenvalue weighted by Crippen LogP contribution is 2.31. The summed E-state index contributed by atoms with van der Waals surface area (Å²) in [5, 5.41) is 7.25. The molecule has 138 valence electrons. The highest BCUT2D eigenvalue weighted by atomic mass is 35.5. The molecule has 1 aromatic heterocycles. The molecule has 27 heavy (non-hydrogen) atoms. The van der Waals surface area contributed by atoms with Crippen molar-refractivity contribution in [3.63, 3.8) is 0 Å². The smallest absolute Gasteiger partial charge is 0.346 e. The zero-order chi connectivity index (χ0) is 19.4. The fraction of sp³-hybridized carbons (Fsp3) is 0.105. The highest BCUT2D eigenvalue weighted by molar-refractivity contribution is 6.34. The van der Waals surface area contributed by atoms with Gasteiger partial charge in [-0.25, -0.2) is 4.79 Å². The van der Waals surface area contributed by atoms with Crippen LogP contribution in [0.5, 0.6) is 0 Å². The zero-order valence-corrected chi connectivity index (χ0v) is 15.7. The first-order valence-corrected chi connectivity index (χ1v) is 8.75. The van der Waals surface area contributed by atoms with Crippen molar-refractivity contribution in [2.24, 2.45) is 0 Å². The van der Waals surface area contributed by atoms with Crippen molar-refractivity contribution in [3.8, 4) is 11.3 Å². The van der Waals surface area contributed by atoms with Crippen LogP contribution in [-0.2, 0) is 4.74 Å². The number of esters is 1.